The third kappa shape index (κ3) is 6.00. The van der Waals surface area contributed by atoms with Crippen LogP contribution in [0.15, 0.2) is 48.5 Å². The van der Waals surface area contributed by atoms with Gasteiger partial charge in [-0.3, -0.25) is 14.5 Å². The highest BCUT2D eigenvalue weighted by Crippen LogP contribution is 2.12. The van der Waals surface area contributed by atoms with Crippen LogP contribution in [0.3, 0.4) is 0 Å². The second-order valence-corrected chi connectivity index (χ2v) is 5.68. The van der Waals surface area contributed by atoms with Crippen molar-refractivity contribution in [1.29, 1.82) is 10.5 Å². The number of hydrogen-bond donors (Lipinski definition) is 2. The van der Waals surface area contributed by atoms with Gasteiger partial charge in [-0.05, 0) is 35.4 Å². The molecule has 132 valence electrons. The molecule has 1 amide bonds. The first-order valence-corrected chi connectivity index (χ1v) is 7.95. The van der Waals surface area contributed by atoms with Crippen LogP contribution in [0.25, 0.3) is 0 Å². The van der Waals surface area contributed by atoms with E-state index in [4.69, 9.17) is 21.1 Å². The molecule has 0 aromatic heterocycles. The van der Waals surface area contributed by atoms with Crippen LogP contribution in [0, 0.1) is 22.7 Å². The average Bonchev–Trinajstić information content (AvgIpc) is 2.67. The van der Waals surface area contributed by atoms with Crippen molar-refractivity contribution in [3.05, 3.63) is 70.8 Å². The minimum Gasteiger partial charge on any atom is -0.303 e. The number of carbonyl (C=O) groups excluding carboxylic acids is 1. The van der Waals surface area contributed by atoms with Crippen LogP contribution in [0.4, 0.5) is 0 Å². The van der Waals surface area contributed by atoms with Crippen molar-refractivity contribution >= 4 is 6.41 Å². The third-order valence-electron chi connectivity index (χ3n) is 3.68. The van der Waals surface area contributed by atoms with Crippen molar-refractivity contribution in [2.24, 2.45) is 5.73 Å². The number of hydroxylamine groups is 1. The molecule has 1 unspecified atom stereocenters. The van der Waals surface area contributed by atoms with E-state index in [-0.39, 0.29) is 0 Å². The van der Waals surface area contributed by atoms with Gasteiger partial charge in [0.1, 0.15) is 6.23 Å². The Kier molecular flexibility index (Phi) is 7.29. The SMILES string of the molecule is N#Cc1ccc(CN(Cc2ccc(C#N)cc2)CC(N)ONC=O)cc1. The molecule has 0 heterocycles. The maximum Gasteiger partial charge on any atom is 0.230 e. The van der Waals surface area contributed by atoms with E-state index in [0.717, 1.165) is 11.1 Å². The van der Waals surface area contributed by atoms with E-state index in [2.05, 4.69) is 22.5 Å². The van der Waals surface area contributed by atoms with Crippen molar-refractivity contribution in [3.8, 4) is 12.1 Å². The Hall–Kier alpha value is -3.23. The van der Waals surface area contributed by atoms with Crippen molar-refractivity contribution in [3.63, 3.8) is 0 Å². The number of hydrogen-bond acceptors (Lipinski definition) is 6. The molecule has 0 saturated carbocycles. The molecule has 26 heavy (non-hydrogen) atoms. The molecule has 1 atom stereocenters. The highest BCUT2D eigenvalue weighted by Gasteiger charge is 2.13. The molecule has 0 radical (unpaired) electrons. The summed E-state index contributed by atoms with van der Waals surface area (Å²) < 4.78 is 0. The largest absolute Gasteiger partial charge is 0.303 e. The van der Waals surface area contributed by atoms with E-state index in [1.807, 2.05) is 24.3 Å². The fourth-order valence-corrected chi connectivity index (χ4v) is 2.48. The molecule has 0 saturated heterocycles. The highest BCUT2D eigenvalue weighted by atomic mass is 16.7. The van der Waals surface area contributed by atoms with E-state index >= 15 is 0 Å². The van der Waals surface area contributed by atoms with Crippen molar-refractivity contribution < 1.29 is 9.63 Å². The molecule has 2 aromatic rings. The lowest BCUT2D eigenvalue weighted by atomic mass is 10.1. The van der Waals surface area contributed by atoms with E-state index in [9.17, 15) is 4.79 Å². The summed E-state index contributed by atoms with van der Waals surface area (Å²) >= 11 is 0. The van der Waals surface area contributed by atoms with Crippen molar-refractivity contribution in [2.45, 2.75) is 19.3 Å². The summed E-state index contributed by atoms with van der Waals surface area (Å²) in [5.74, 6) is 0. The smallest absolute Gasteiger partial charge is 0.230 e. The normalized spacial score (nSPS) is 11.4. The molecule has 0 aliphatic heterocycles. The van der Waals surface area contributed by atoms with Crippen LogP contribution < -0.4 is 11.2 Å². The summed E-state index contributed by atoms with van der Waals surface area (Å²) in [7, 11) is 0. The standard InChI is InChI=1S/C19H19N5O2/c20-9-15-1-5-17(6-2-15)11-24(13-19(22)26-23-14-25)12-18-7-3-16(10-21)4-8-18/h1-8,14,19H,11-13,22H2,(H,23,25). The zero-order chi connectivity index (χ0) is 18.8. The molecule has 7 nitrogen and oxygen atoms in total. The molecule has 0 aliphatic carbocycles. The van der Waals surface area contributed by atoms with Gasteiger partial charge in [0.25, 0.3) is 0 Å². The number of rotatable bonds is 9. The predicted molar refractivity (Wildman–Crippen MR) is 94.7 cm³/mol. The lowest BCUT2D eigenvalue weighted by Gasteiger charge is -2.25. The summed E-state index contributed by atoms with van der Waals surface area (Å²) in [6.07, 6.45) is -0.275. The summed E-state index contributed by atoms with van der Waals surface area (Å²) in [6, 6.07) is 18.8. The number of carbonyl (C=O) groups is 1. The fraction of sp³-hybridized carbons (Fsp3) is 0.211. The number of nitrogens with one attached hydrogen (secondary N) is 1. The zero-order valence-electron chi connectivity index (χ0n) is 14.1. The maximum atomic E-state index is 10.3. The number of nitrogens with two attached hydrogens (primary N) is 1. The van der Waals surface area contributed by atoms with Gasteiger partial charge in [0.05, 0.1) is 23.3 Å². The maximum absolute atomic E-state index is 10.3. The third-order valence-corrected chi connectivity index (χ3v) is 3.68. The average molecular weight is 349 g/mol. The first-order valence-electron chi connectivity index (χ1n) is 7.95. The van der Waals surface area contributed by atoms with E-state index < -0.39 is 6.23 Å². The van der Waals surface area contributed by atoms with Gasteiger partial charge in [-0.15, -0.1) is 0 Å². The quantitative estimate of drug-likeness (QED) is 0.402. The molecule has 0 bridgehead atoms. The Balaban J connectivity index is 2.09. The summed E-state index contributed by atoms with van der Waals surface area (Å²) in [4.78, 5) is 17.4. The summed E-state index contributed by atoms with van der Waals surface area (Å²) in [5, 5.41) is 17.8. The molecular weight excluding hydrogens is 330 g/mol. The van der Waals surface area contributed by atoms with Crippen LogP contribution in [-0.4, -0.2) is 24.1 Å². The van der Waals surface area contributed by atoms with Gasteiger partial charge in [0, 0.05) is 19.6 Å². The lowest BCUT2D eigenvalue weighted by Crippen LogP contribution is -2.41. The molecule has 0 spiro atoms. The lowest BCUT2D eigenvalue weighted by molar-refractivity contribution is -0.126. The first-order chi connectivity index (χ1) is 12.6. The van der Waals surface area contributed by atoms with Crippen LogP contribution in [0.1, 0.15) is 22.3 Å². The van der Waals surface area contributed by atoms with Crippen LogP contribution in [-0.2, 0) is 22.7 Å². The minimum absolute atomic E-state index is 0.376. The topological polar surface area (TPSA) is 115 Å². The predicted octanol–water partition coefficient (Wildman–Crippen LogP) is 1.39. The molecule has 2 aromatic carbocycles. The molecule has 0 aliphatic rings. The number of benzene rings is 2. The van der Waals surface area contributed by atoms with E-state index in [1.165, 1.54) is 0 Å². The summed E-state index contributed by atoms with van der Waals surface area (Å²) in [5.41, 5.74) is 11.2. The highest BCUT2D eigenvalue weighted by molar-refractivity contribution is 5.43. The van der Waals surface area contributed by atoms with Crippen LogP contribution in [0.2, 0.25) is 0 Å². The molecule has 3 N–H and O–H groups in total. The Morgan fingerprint density at radius 2 is 1.46 bits per heavy atom. The molecule has 2 rings (SSSR count). The van der Waals surface area contributed by atoms with Gasteiger partial charge in [-0.25, -0.2) is 5.48 Å². The zero-order valence-corrected chi connectivity index (χ0v) is 14.1. The van der Waals surface area contributed by atoms with Gasteiger partial charge < -0.3 is 5.73 Å². The van der Waals surface area contributed by atoms with Crippen LogP contribution in [0.5, 0.6) is 0 Å². The van der Waals surface area contributed by atoms with Gasteiger partial charge in [-0.1, -0.05) is 24.3 Å². The molecule has 7 heteroatoms. The summed E-state index contributed by atoms with van der Waals surface area (Å²) in [6.45, 7) is 1.55. The second kappa shape index (κ2) is 9.92. The van der Waals surface area contributed by atoms with E-state index in [1.54, 1.807) is 24.3 Å². The number of amides is 1. The number of nitriles is 2. The Labute approximate surface area is 152 Å². The molecule has 0 fully saturated rings. The minimum atomic E-state index is -0.697. The van der Waals surface area contributed by atoms with Gasteiger partial charge in [-0.2, -0.15) is 10.5 Å². The Bertz CT molecular complexity index is 731. The van der Waals surface area contributed by atoms with Gasteiger partial charge in [0.15, 0.2) is 0 Å². The first kappa shape index (κ1) is 19.1. The monoisotopic (exact) mass is 349 g/mol. The molecular formula is C19H19N5O2. The van der Waals surface area contributed by atoms with Gasteiger partial charge in [0.2, 0.25) is 6.41 Å². The van der Waals surface area contributed by atoms with E-state index in [0.29, 0.717) is 37.2 Å². The van der Waals surface area contributed by atoms with Crippen molar-refractivity contribution in [1.82, 2.24) is 10.4 Å². The van der Waals surface area contributed by atoms with Crippen LogP contribution >= 0.6 is 0 Å². The Morgan fingerprint density at radius 3 is 1.85 bits per heavy atom. The Morgan fingerprint density at radius 1 is 1.00 bits per heavy atom. The van der Waals surface area contributed by atoms with Gasteiger partial charge >= 0.3 is 0 Å². The second-order valence-electron chi connectivity index (χ2n) is 5.68. The number of nitrogens with zero attached hydrogens (tertiary/aromatic N) is 3. The van der Waals surface area contributed by atoms with Crippen molar-refractivity contribution in [2.75, 3.05) is 6.54 Å². The fourth-order valence-electron chi connectivity index (χ4n) is 2.48.